The summed E-state index contributed by atoms with van der Waals surface area (Å²) in [5.74, 6) is -0.334. The number of carbonyl (C=O) groups is 3. The lowest BCUT2D eigenvalue weighted by molar-refractivity contribution is -0.139. The first-order chi connectivity index (χ1) is 12.5. The van der Waals surface area contributed by atoms with Crippen molar-refractivity contribution in [2.24, 2.45) is 0 Å². The molecule has 0 unspecified atom stereocenters. The van der Waals surface area contributed by atoms with Crippen molar-refractivity contribution >= 4 is 17.7 Å². The van der Waals surface area contributed by atoms with Gasteiger partial charge in [-0.2, -0.15) is 0 Å². The number of hydrogen-bond donors (Lipinski definition) is 0. The molecule has 0 saturated carbocycles. The zero-order valence-electron chi connectivity index (χ0n) is 15.0. The Kier molecular flexibility index (Phi) is 5.16. The highest BCUT2D eigenvalue weighted by molar-refractivity contribution is 6.01. The Labute approximate surface area is 153 Å². The van der Waals surface area contributed by atoms with Crippen LogP contribution >= 0.6 is 0 Å². The minimum atomic E-state index is -0.133. The second-order valence-electron chi connectivity index (χ2n) is 6.57. The van der Waals surface area contributed by atoms with Crippen LogP contribution in [0.2, 0.25) is 0 Å². The van der Waals surface area contributed by atoms with Gasteiger partial charge in [0.2, 0.25) is 11.8 Å². The number of amides is 3. The number of rotatable bonds is 5. The number of nitrogens with zero attached hydrogens (tertiary/aromatic N) is 2. The van der Waals surface area contributed by atoms with E-state index < -0.39 is 0 Å². The van der Waals surface area contributed by atoms with Crippen LogP contribution in [0.5, 0.6) is 0 Å². The molecule has 2 aromatic carbocycles. The molecule has 1 aliphatic heterocycles. The fourth-order valence-electron chi connectivity index (χ4n) is 3.07. The highest BCUT2D eigenvalue weighted by Crippen LogP contribution is 2.21. The molecule has 0 aliphatic carbocycles. The van der Waals surface area contributed by atoms with Crippen LogP contribution in [0.25, 0.3) is 0 Å². The van der Waals surface area contributed by atoms with E-state index in [1.165, 1.54) is 4.90 Å². The summed E-state index contributed by atoms with van der Waals surface area (Å²) < 4.78 is 0. The molecule has 0 radical (unpaired) electrons. The molecule has 3 rings (SSSR count). The fourth-order valence-corrected chi connectivity index (χ4v) is 3.07. The topological polar surface area (TPSA) is 57.7 Å². The third-order valence-corrected chi connectivity index (χ3v) is 4.88. The van der Waals surface area contributed by atoms with Gasteiger partial charge in [0, 0.05) is 25.5 Å². The first kappa shape index (κ1) is 17.9. The minimum absolute atomic E-state index is 0.0387. The SMILES string of the molecule is C[C@@H](c1ccccc1)N(C)C(=O)c1ccc(CN2C(=O)CCC2=O)cc1. The van der Waals surface area contributed by atoms with Crippen molar-refractivity contribution in [3.63, 3.8) is 0 Å². The van der Waals surface area contributed by atoms with Gasteiger partial charge in [-0.25, -0.2) is 0 Å². The molecule has 0 bridgehead atoms. The first-order valence-electron chi connectivity index (χ1n) is 8.71. The molecular weight excluding hydrogens is 328 g/mol. The van der Waals surface area contributed by atoms with Crippen LogP contribution in [0.15, 0.2) is 54.6 Å². The van der Waals surface area contributed by atoms with Crippen molar-refractivity contribution in [1.82, 2.24) is 9.80 Å². The van der Waals surface area contributed by atoms with Gasteiger partial charge in [0.15, 0.2) is 0 Å². The van der Waals surface area contributed by atoms with Crippen molar-refractivity contribution in [2.75, 3.05) is 7.05 Å². The predicted molar refractivity (Wildman–Crippen MR) is 98.2 cm³/mol. The molecule has 5 heteroatoms. The maximum atomic E-state index is 12.7. The normalized spacial score (nSPS) is 15.2. The summed E-state index contributed by atoms with van der Waals surface area (Å²) >= 11 is 0. The maximum Gasteiger partial charge on any atom is 0.254 e. The Bertz CT molecular complexity index is 799. The maximum absolute atomic E-state index is 12.7. The Hall–Kier alpha value is -2.95. The van der Waals surface area contributed by atoms with E-state index in [1.807, 2.05) is 37.3 Å². The van der Waals surface area contributed by atoms with Crippen molar-refractivity contribution < 1.29 is 14.4 Å². The lowest BCUT2D eigenvalue weighted by atomic mass is 10.1. The summed E-state index contributed by atoms with van der Waals surface area (Å²) in [5, 5.41) is 0. The van der Waals surface area contributed by atoms with Crippen molar-refractivity contribution in [3.8, 4) is 0 Å². The van der Waals surface area contributed by atoms with Gasteiger partial charge in [-0.15, -0.1) is 0 Å². The van der Waals surface area contributed by atoms with Crippen LogP contribution < -0.4 is 0 Å². The number of carbonyl (C=O) groups excluding carboxylic acids is 3. The molecule has 0 aromatic heterocycles. The lowest BCUT2D eigenvalue weighted by Gasteiger charge is -2.25. The zero-order valence-corrected chi connectivity index (χ0v) is 15.0. The zero-order chi connectivity index (χ0) is 18.7. The molecule has 2 aromatic rings. The van der Waals surface area contributed by atoms with Gasteiger partial charge in [-0.3, -0.25) is 19.3 Å². The Morgan fingerprint density at radius 1 is 1.00 bits per heavy atom. The van der Waals surface area contributed by atoms with E-state index in [2.05, 4.69) is 0 Å². The van der Waals surface area contributed by atoms with Gasteiger partial charge < -0.3 is 4.90 Å². The van der Waals surface area contributed by atoms with E-state index in [1.54, 1.807) is 36.2 Å². The van der Waals surface area contributed by atoms with Crippen LogP contribution in [0.3, 0.4) is 0 Å². The molecule has 134 valence electrons. The highest BCUT2D eigenvalue weighted by Gasteiger charge is 2.28. The van der Waals surface area contributed by atoms with Crippen LogP contribution in [0.4, 0.5) is 0 Å². The van der Waals surface area contributed by atoms with Gasteiger partial charge in [0.1, 0.15) is 0 Å². The van der Waals surface area contributed by atoms with Gasteiger partial charge in [-0.1, -0.05) is 42.5 Å². The molecule has 5 nitrogen and oxygen atoms in total. The second-order valence-corrected chi connectivity index (χ2v) is 6.57. The van der Waals surface area contributed by atoms with E-state index >= 15 is 0 Å². The summed E-state index contributed by atoms with van der Waals surface area (Å²) in [6.07, 6.45) is 0.579. The Morgan fingerprint density at radius 3 is 2.15 bits per heavy atom. The molecule has 1 saturated heterocycles. The molecule has 0 spiro atoms. The summed E-state index contributed by atoms with van der Waals surface area (Å²) in [6, 6.07) is 16.9. The molecule has 1 fully saturated rings. The largest absolute Gasteiger partial charge is 0.335 e. The molecular formula is C21H22N2O3. The second kappa shape index (κ2) is 7.52. The van der Waals surface area contributed by atoms with Crippen molar-refractivity contribution in [2.45, 2.75) is 32.4 Å². The van der Waals surface area contributed by atoms with Crippen LogP contribution in [-0.2, 0) is 16.1 Å². The van der Waals surface area contributed by atoms with Gasteiger partial charge in [-0.05, 0) is 30.2 Å². The average molecular weight is 350 g/mol. The third kappa shape index (κ3) is 3.67. The molecule has 26 heavy (non-hydrogen) atoms. The lowest BCUT2D eigenvalue weighted by Crippen LogP contribution is -2.30. The number of imide groups is 1. The summed E-state index contributed by atoms with van der Waals surface area (Å²) in [4.78, 5) is 39.1. The van der Waals surface area contributed by atoms with Crippen LogP contribution in [0, 0.1) is 0 Å². The fraction of sp³-hybridized carbons (Fsp3) is 0.286. The first-order valence-corrected chi connectivity index (χ1v) is 8.71. The molecule has 1 aliphatic rings. The molecule has 0 N–H and O–H groups in total. The highest BCUT2D eigenvalue weighted by atomic mass is 16.2. The van der Waals surface area contributed by atoms with Crippen LogP contribution in [0.1, 0.15) is 47.3 Å². The smallest absolute Gasteiger partial charge is 0.254 e. The molecule has 1 atom stereocenters. The van der Waals surface area contributed by atoms with E-state index in [0.29, 0.717) is 5.56 Å². The predicted octanol–water partition coefficient (Wildman–Crippen LogP) is 3.17. The molecule has 1 heterocycles. The van der Waals surface area contributed by atoms with E-state index in [4.69, 9.17) is 0 Å². The van der Waals surface area contributed by atoms with Crippen LogP contribution in [-0.4, -0.2) is 34.6 Å². The molecule has 3 amide bonds. The van der Waals surface area contributed by atoms with E-state index in [0.717, 1.165) is 11.1 Å². The summed E-state index contributed by atoms with van der Waals surface area (Å²) in [7, 11) is 1.79. The number of benzene rings is 2. The van der Waals surface area contributed by atoms with Gasteiger partial charge >= 0.3 is 0 Å². The Balaban J connectivity index is 1.68. The van der Waals surface area contributed by atoms with Crippen molar-refractivity contribution in [3.05, 3.63) is 71.3 Å². The standard InChI is InChI=1S/C21H22N2O3/c1-15(17-6-4-3-5-7-17)22(2)21(26)18-10-8-16(9-11-18)14-23-19(24)12-13-20(23)25/h3-11,15H,12-14H2,1-2H3/t15-/m0/s1. The van der Waals surface area contributed by atoms with Gasteiger partial charge in [0.05, 0.1) is 12.6 Å². The monoisotopic (exact) mass is 350 g/mol. The average Bonchev–Trinajstić information content (AvgIpc) is 2.99. The minimum Gasteiger partial charge on any atom is -0.335 e. The van der Waals surface area contributed by atoms with Crippen molar-refractivity contribution in [1.29, 1.82) is 0 Å². The third-order valence-electron chi connectivity index (χ3n) is 4.88. The number of hydrogen-bond acceptors (Lipinski definition) is 3. The van der Waals surface area contributed by atoms with E-state index in [9.17, 15) is 14.4 Å². The Morgan fingerprint density at radius 2 is 1.58 bits per heavy atom. The van der Waals surface area contributed by atoms with E-state index in [-0.39, 0.29) is 43.1 Å². The summed E-state index contributed by atoms with van der Waals surface area (Å²) in [6.45, 7) is 2.26. The van der Waals surface area contributed by atoms with Gasteiger partial charge in [0.25, 0.3) is 5.91 Å². The number of likely N-dealkylation sites (tertiary alicyclic amines) is 1. The summed E-state index contributed by atoms with van der Waals surface area (Å²) in [5.41, 5.74) is 2.49. The quantitative estimate of drug-likeness (QED) is 0.778.